The van der Waals surface area contributed by atoms with Crippen LogP contribution in [0.2, 0.25) is 0 Å². The number of nitrogens with zero attached hydrogens (tertiary/aromatic N) is 2. The zero-order valence-corrected chi connectivity index (χ0v) is 9.52. The summed E-state index contributed by atoms with van der Waals surface area (Å²) in [4.78, 5) is 8.31. The molecule has 1 aromatic heterocycles. The van der Waals surface area contributed by atoms with Gasteiger partial charge in [0.05, 0.1) is 0 Å². The number of ether oxygens (including phenoxy) is 1. The standard InChI is InChI=1S/C11H18N4O/c1-13-10-6-7-14-11(15-10)16-9-5-3-2-4-8(9)12/h6-9H,2-5,12H2,1H3,(H,13,14,15)/t8-,9-/m1/s1. The summed E-state index contributed by atoms with van der Waals surface area (Å²) in [5.74, 6) is 0.759. The molecule has 3 N–H and O–H groups in total. The average molecular weight is 222 g/mol. The Morgan fingerprint density at radius 3 is 3.00 bits per heavy atom. The molecule has 0 unspecified atom stereocenters. The van der Waals surface area contributed by atoms with Gasteiger partial charge in [0.1, 0.15) is 11.9 Å². The van der Waals surface area contributed by atoms with Gasteiger partial charge in [0.15, 0.2) is 0 Å². The molecule has 16 heavy (non-hydrogen) atoms. The minimum atomic E-state index is 0.0563. The van der Waals surface area contributed by atoms with Crippen LogP contribution < -0.4 is 15.8 Å². The van der Waals surface area contributed by atoms with Crippen molar-refractivity contribution < 1.29 is 4.74 Å². The Balaban J connectivity index is 2.01. The molecule has 5 heteroatoms. The fourth-order valence-corrected chi connectivity index (χ4v) is 1.94. The monoisotopic (exact) mass is 222 g/mol. The summed E-state index contributed by atoms with van der Waals surface area (Å²) in [7, 11) is 1.82. The SMILES string of the molecule is CNc1ccnc(O[C@@H]2CCCC[C@H]2N)n1. The number of rotatable bonds is 3. The second-order valence-corrected chi connectivity index (χ2v) is 4.08. The number of nitrogens with one attached hydrogen (secondary N) is 1. The molecule has 1 aliphatic carbocycles. The van der Waals surface area contributed by atoms with E-state index in [2.05, 4.69) is 15.3 Å². The van der Waals surface area contributed by atoms with Crippen molar-refractivity contribution in [2.75, 3.05) is 12.4 Å². The highest BCUT2D eigenvalue weighted by atomic mass is 16.5. The van der Waals surface area contributed by atoms with Crippen molar-refractivity contribution in [2.45, 2.75) is 37.8 Å². The maximum atomic E-state index is 6.00. The second kappa shape index (κ2) is 5.12. The quantitative estimate of drug-likeness (QED) is 0.803. The fraction of sp³-hybridized carbons (Fsp3) is 0.636. The van der Waals surface area contributed by atoms with Crippen molar-refractivity contribution >= 4 is 5.82 Å². The molecule has 0 saturated heterocycles. The van der Waals surface area contributed by atoms with Crippen molar-refractivity contribution in [3.63, 3.8) is 0 Å². The van der Waals surface area contributed by atoms with Crippen LogP contribution in [0.5, 0.6) is 6.01 Å². The van der Waals surface area contributed by atoms with Gasteiger partial charge in [0.25, 0.3) is 0 Å². The molecule has 88 valence electrons. The van der Waals surface area contributed by atoms with Gasteiger partial charge in [-0.05, 0) is 25.3 Å². The molecule has 0 bridgehead atoms. The molecule has 0 aromatic carbocycles. The Kier molecular flexibility index (Phi) is 3.56. The lowest BCUT2D eigenvalue weighted by atomic mass is 9.93. The van der Waals surface area contributed by atoms with Gasteiger partial charge in [0, 0.05) is 19.3 Å². The number of nitrogens with two attached hydrogens (primary N) is 1. The van der Waals surface area contributed by atoms with Gasteiger partial charge in [-0.3, -0.25) is 0 Å². The molecular weight excluding hydrogens is 204 g/mol. The topological polar surface area (TPSA) is 73.1 Å². The summed E-state index contributed by atoms with van der Waals surface area (Å²) < 4.78 is 5.72. The van der Waals surface area contributed by atoms with E-state index in [0.717, 1.165) is 18.7 Å². The van der Waals surface area contributed by atoms with Gasteiger partial charge in [0.2, 0.25) is 0 Å². The van der Waals surface area contributed by atoms with E-state index in [1.165, 1.54) is 12.8 Å². The zero-order valence-electron chi connectivity index (χ0n) is 9.52. The predicted molar refractivity (Wildman–Crippen MR) is 62.4 cm³/mol. The molecule has 2 atom stereocenters. The number of hydrogen-bond donors (Lipinski definition) is 2. The third-order valence-electron chi connectivity index (χ3n) is 2.90. The van der Waals surface area contributed by atoms with Crippen molar-refractivity contribution in [3.05, 3.63) is 12.3 Å². The lowest BCUT2D eigenvalue weighted by Crippen LogP contribution is -2.41. The molecule has 0 amide bonds. The number of aromatic nitrogens is 2. The number of hydrogen-bond acceptors (Lipinski definition) is 5. The largest absolute Gasteiger partial charge is 0.458 e. The summed E-state index contributed by atoms with van der Waals surface area (Å²) in [6.45, 7) is 0. The fourth-order valence-electron chi connectivity index (χ4n) is 1.94. The first-order valence-corrected chi connectivity index (χ1v) is 5.72. The smallest absolute Gasteiger partial charge is 0.318 e. The van der Waals surface area contributed by atoms with Crippen LogP contribution >= 0.6 is 0 Å². The first-order valence-electron chi connectivity index (χ1n) is 5.72. The van der Waals surface area contributed by atoms with Crippen LogP contribution in [-0.4, -0.2) is 29.2 Å². The van der Waals surface area contributed by atoms with E-state index in [-0.39, 0.29) is 12.1 Å². The average Bonchev–Trinajstić information content (AvgIpc) is 2.32. The van der Waals surface area contributed by atoms with Gasteiger partial charge in [-0.15, -0.1) is 0 Å². The van der Waals surface area contributed by atoms with E-state index in [1.807, 2.05) is 7.05 Å². The van der Waals surface area contributed by atoms with E-state index in [0.29, 0.717) is 6.01 Å². The first kappa shape index (κ1) is 11.1. The molecule has 5 nitrogen and oxygen atoms in total. The van der Waals surface area contributed by atoms with Crippen LogP contribution in [0.25, 0.3) is 0 Å². The van der Waals surface area contributed by atoms with Crippen LogP contribution in [-0.2, 0) is 0 Å². The molecule has 1 fully saturated rings. The van der Waals surface area contributed by atoms with Gasteiger partial charge in [-0.25, -0.2) is 4.98 Å². The summed E-state index contributed by atoms with van der Waals surface area (Å²) in [6, 6.07) is 2.32. The highest BCUT2D eigenvalue weighted by molar-refractivity contribution is 5.32. The lowest BCUT2D eigenvalue weighted by molar-refractivity contribution is 0.121. The molecular formula is C11H18N4O. The van der Waals surface area contributed by atoms with Crippen molar-refractivity contribution in [3.8, 4) is 6.01 Å². The van der Waals surface area contributed by atoms with E-state index < -0.39 is 0 Å². The van der Waals surface area contributed by atoms with E-state index in [4.69, 9.17) is 10.5 Å². The summed E-state index contributed by atoms with van der Waals surface area (Å²) >= 11 is 0. The van der Waals surface area contributed by atoms with Crippen LogP contribution in [0.1, 0.15) is 25.7 Å². The van der Waals surface area contributed by atoms with Crippen LogP contribution in [0, 0.1) is 0 Å². The van der Waals surface area contributed by atoms with Crippen LogP contribution in [0.3, 0.4) is 0 Å². The van der Waals surface area contributed by atoms with Gasteiger partial charge in [-0.1, -0.05) is 6.42 Å². The van der Waals surface area contributed by atoms with Gasteiger partial charge < -0.3 is 15.8 Å². The highest BCUT2D eigenvalue weighted by Gasteiger charge is 2.24. The molecule has 0 aliphatic heterocycles. The van der Waals surface area contributed by atoms with E-state index in [9.17, 15) is 0 Å². The highest BCUT2D eigenvalue weighted by Crippen LogP contribution is 2.21. The molecule has 1 heterocycles. The molecule has 1 saturated carbocycles. The Labute approximate surface area is 95.4 Å². The minimum absolute atomic E-state index is 0.0563. The Morgan fingerprint density at radius 2 is 2.25 bits per heavy atom. The normalized spacial score (nSPS) is 25.1. The first-order chi connectivity index (χ1) is 7.79. The van der Waals surface area contributed by atoms with Crippen molar-refractivity contribution in [1.29, 1.82) is 0 Å². The van der Waals surface area contributed by atoms with Crippen molar-refractivity contribution in [2.24, 2.45) is 5.73 Å². The summed E-state index contributed by atoms with van der Waals surface area (Å²) in [5.41, 5.74) is 6.00. The zero-order chi connectivity index (χ0) is 11.4. The molecule has 2 rings (SSSR count). The Morgan fingerprint density at radius 1 is 1.44 bits per heavy atom. The Hall–Kier alpha value is -1.36. The summed E-state index contributed by atoms with van der Waals surface area (Å²) in [6.07, 6.45) is 6.12. The molecule has 1 aliphatic rings. The third kappa shape index (κ3) is 2.61. The number of anilines is 1. The third-order valence-corrected chi connectivity index (χ3v) is 2.90. The molecule has 0 spiro atoms. The molecule has 0 radical (unpaired) electrons. The van der Waals surface area contributed by atoms with Crippen LogP contribution in [0.4, 0.5) is 5.82 Å². The van der Waals surface area contributed by atoms with Crippen molar-refractivity contribution in [1.82, 2.24) is 9.97 Å². The van der Waals surface area contributed by atoms with Crippen LogP contribution in [0.15, 0.2) is 12.3 Å². The minimum Gasteiger partial charge on any atom is -0.458 e. The lowest BCUT2D eigenvalue weighted by Gasteiger charge is -2.28. The summed E-state index contributed by atoms with van der Waals surface area (Å²) in [5, 5.41) is 2.95. The van der Waals surface area contributed by atoms with Gasteiger partial charge >= 0.3 is 6.01 Å². The Bertz CT molecular complexity index is 345. The maximum Gasteiger partial charge on any atom is 0.318 e. The second-order valence-electron chi connectivity index (χ2n) is 4.08. The van der Waals surface area contributed by atoms with E-state index >= 15 is 0 Å². The predicted octanol–water partition coefficient (Wildman–Crippen LogP) is 1.17. The van der Waals surface area contributed by atoms with E-state index in [1.54, 1.807) is 12.3 Å². The van der Waals surface area contributed by atoms with Gasteiger partial charge in [-0.2, -0.15) is 4.98 Å². The maximum absolute atomic E-state index is 6.00. The molecule has 1 aromatic rings.